The second-order valence-electron chi connectivity index (χ2n) is 3.35. The highest BCUT2D eigenvalue weighted by Crippen LogP contribution is 2.18. The van der Waals surface area contributed by atoms with E-state index < -0.39 is 0 Å². The molecular formula is C22H48. The van der Waals surface area contributed by atoms with Crippen LogP contribution in [-0.2, 0) is 12.8 Å². The van der Waals surface area contributed by atoms with Crippen molar-refractivity contribution in [1.82, 2.24) is 0 Å². The molecule has 0 amide bonds. The minimum atomic E-state index is 1.15. The van der Waals surface area contributed by atoms with E-state index in [0.29, 0.717) is 0 Å². The second kappa shape index (κ2) is 32.2. The topological polar surface area (TPSA) is 0 Å². The third-order valence-corrected chi connectivity index (χ3v) is 2.68. The van der Waals surface area contributed by atoms with E-state index in [2.05, 4.69) is 39.8 Å². The molecule has 0 saturated carbocycles. The summed E-state index contributed by atoms with van der Waals surface area (Å²) in [6, 6.07) is 4.49. The Morgan fingerprint density at radius 1 is 0.591 bits per heavy atom. The standard InChI is InChI=1S/C12H18.5C2H6/c1-5-11-8-7-9(3)12(6-2)10(11)4;5*1-2/h7-8H,5-6H2,1-4H3;5*1-2H3. The van der Waals surface area contributed by atoms with E-state index in [9.17, 15) is 0 Å². The van der Waals surface area contributed by atoms with Crippen molar-refractivity contribution in [2.45, 2.75) is 110 Å². The van der Waals surface area contributed by atoms with Gasteiger partial charge in [-0.1, -0.05) is 95.2 Å². The molecule has 0 heterocycles. The van der Waals surface area contributed by atoms with Crippen LogP contribution in [0.2, 0.25) is 0 Å². The van der Waals surface area contributed by atoms with Gasteiger partial charge in [-0.15, -0.1) is 0 Å². The maximum Gasteiger partial charge on any atom is -0.0302 e. The van der Waals surface area contributed by atoms with Crippen LogP contribution in [0.15, 0.2) is 12.1 Å². The Bertz CT molecular complexity index is 272. The summed E-state index contributed by atoms with van der Waals surface area (Å²) in [5, 5.41) is 0. The van der Waals surface area contributed by atoms with Crippen molar-refractivity contribution in [2.75, 3.05) is 0 Å². The van der Waals surface area contributed by atoms with Gasteiger partial charge in [-0.25, -0.2) is 0 Å². The SMILES string of the molecule is CC.CC.CC.CC.CC.CCc1ccc(C)c(CC)c1C. The lowest BCUT2D eigenvalue weighted by Gasteiger charge is -2.11. The molecule has 0 aliphatic rings. The molecule has 0 saturated heterocycles. The van der Waals surface area contributed by atoms with Gasteiger partial charge in [0.05, 0.1) is 0 Å². The Kier molecular flexibility index (Phi) is 48.3. The zero-order valence-electron chi connectivity index (χ0n) is 18.6. The van der Waals surface area contributed by atoms with E-state index in [1.165, 1.54) is 22.3 Å². The maximum atomic E-state index is 2.25. The molecule has 1 aromatic carbocycles. The molecule has 0 heteroatoms. The smallest absolute Gasteiger partial charge is 0.0302 e. The Hall–Kier alpha value is -0.780. The van der Waals surface area contributed by atoms with Crippen molar-refractivity contribution in [3.8, 4) is 0 Å². The van der Waals surface area contributed by atoms with E-state index in [1.54, 1.807) is 0 Å². The van der Waals surface area contributed by atoms with Crippen LogP contribution in [0, 0.1) is 13.8 Å². The van der Waals surface area contributed by atoms with Crippen molar-refractivity contribution >= 4 is 0 Å². The van der Waals surface area contributed by atoms with Crippen molar-refractivity contribution in [3.05, 3.63) is 34.4 Å². The summed E-state index contributed by atoms with van der Waals surface area (Å²) in [4.78, 5) is 0. The van der Waals surface area contributed by atoms with E-state index in [-0.39, 0.29) is 0 Å². The van der Waals surface area contributed by atoms with Crippen LogP contribution in [-0.4, -0.2) is 0 Å². The maximum absolute atomic E-state index is 2.25. The molecule has 1 rings (SSSR count). The van der Waals surface area contributed by atoms with Gasteiger partial charge in [0.2, 0.25) is 0 Å². The molecule has 0 aliphatic carbocycles. The zero-order valence-corrected chi connectivity index (χ0v) is 18.6. The average molecular weight is 313 g/mol. The van der Waals surface area contributed by atoms with Gasteiger partial charge in [0.1, 0.15) is 0 Å². The molecule has 0 spiro atoms. The summed E-state index contributed by atoms with van der Waals surface area (Å²) in [6.45, 7) is 28.9. The molecule has 0 unspecified atom stereocenters. The number of benzene rings is 1. The van der Waals surface area contributed by atoms with E-state index >= 15 is 0 Å². The molecule has 1 aromatic rings. The van der Waals surface area contributed by atoms with Crippen LogP contribution < -0.4 is 0 Å². The fraction of sp³-hybridized carbons (Fsp3) is 0.727. The first kappa shape index (κ1) is 33.0. The van der Waals surface area contributed by atoms with Gasteiger partial charge < -0.3 is 0 Å². The number of aryl methyl sites for hydroxylation is 2. The highest BCUT2D eigenvalue weighted by molar-refractivity contribution is 5.39. The molecule has 0 bridgehead atoms. The van der Waals surface area contributed by atoms with Gasteiger partial charge >= 0.3 is 0 Å². The van der Waals surface area contributed by atoms with Gasteiger partial charge in [-0.3, -0.25) is 0 Å². The van der Waals surface area contributed by atoms with Crippen LogP contribution in [0.5, 0.6) is 0 Å². The molecular weight excluding hydrogens is 264 g/mol. The lowest BCUT2D eigenvalue weighted by Crippen LogP contribution is -1.96. The Morgan fingerprint density at radius 2 is 0.955 bits per heavy atom. The highest BCUT2D eigenvalue weighted by Gasteiger charge is 2.03. The first-order valence-corrected chi connectivity index (χ1v) is 9.78. The fourth-order valence-electron chi connectivity index (χ4n) is 1.87. The lowest BCUT2D eigenvalue weighted by molar-refractivity contribution is 1.03. The average Bonchev–Trinajstić information content (AvgIpc) is 2.64. The van der Waals surface area contributed by atoms with Crippen molar-refractivity contribution in [2.24, 2.45) is 0 Å². The van der Waals surface area contributed by atoms with Crippen molar-refractivity contribution < 1.29 is 0 Å². The third kappa shape index (κ3) is 15.6. The van der Waals surface area contributed by atoms with Crippen LogP contribution in [0.1, 0.15) is 105 Å². The predicted octanol–water partition coefficient (Wildman–Crippen LogP) is 8.56. The largest absolute Gasteiger partial charge is 0.0683 e. The second-order valence-corrected chi connectivity index (χ2v) is 3.35. The molecule has 0 atom stereocenters. The zero-order chi connectivity index (χ0) is 19.1. The van der Waals surface area contributed by atoms with Gasteiger partial charge in [0.15, 0.2) is 0 Å². The summed E-state index contributed by atoms with van der Waals surface area (Å²) < 4.78 is 0. The van der Waals surface area contributed by atoms with Gasteiger partial charge in [-0.2, -0.15) is 0 Å². The Labute approximate surface area is 144 Å². The van der Waals surface area contributed by atoms with Gasteiger partial charge in [-0.05, 0) is 48.9 Å². The minimum absolute atomic E-state index is 1.15. The molecule has 0 radical (unpaired) electrons. The molecule has 0 nitrogen and oxygen atoms in total. The highest BCUT2D eigenvalue weighted by atomic mass is 14.1. The predicted molar refractivity (Wildman–Crippen MR) is 111 cm³/mol. The molecule has 136 valence electrons. The van der Waals surface area contributed by atoms with Crippen LogP contribution >= 0.6 is 0 Å². The molecule has 0 aliphatic heterocycles. The summed E-state index contributed by atoms with van der Waals surface area (Å²) in [7, 11) is 0. The first-order valence-electron chi connectivity index (χ1n) is 9.78. The molecule has 0 aromatic heterocycles. The van der Waals surface area contributed by atoms with Crippen molar-refractivity contribution in [1.29, 1.82) is 0 Å². The summed E-state index contributed by atoms with van der Waals surface area (Å²) in [5.41, 5.74) is 5.97. The summed E-state index contributed by atoms with van der Waals surface area (Å²) in [6.07, 6.45) is 2.31. The molecule has 0 N–H and O–H groups in total. The number of hydrogen-bond acceptors (Lipinski definition) is 0. The van der Waals surface area contributed by atoms with Crippen LogP contribution in [0.25, 0.3) is 0 Å². The monoisotopic (exact) mass is 312 g/mol. The lowest BCUT2D eigenvalue weighted by atomic mass is 9.95. The van der Waals surface area contributed by atoms with E-state index in [1.807, 2.05) is 69.2 Å². The normalized spacial score (nSPS) is 7.00. The summed E-state index contributed by atoms with van der Waals surface area (Å²) in [5.74, 6) is 0. The van der Waals surface area contributed by atoms with Crippen LogP contribution in [0.3, 0.4) is 0 Å². The minimum Gasteiger partial charge on any atom is -0.0683 e. The molecule has 22 heavy (non-hydrogen) atoms. The van der Waals surface area contributed by atoms with Crippen LogP contribution in [0.4, 0.5) is 0 Å². The molecule has 0 fully saturated rings. The quantitative estimate of drug-likeness (QED) is 0.513. The van der Waals surface area contributed by atoms with Gasteiger partial charge in [0, 0.05) is 0 Å². The fourth-order valence-corrected chi connectivity index (χ4v) is 1.87. The van der Waals surface area contributed by atoms with Crippen molar-refractivity contribution in [3.63, 3.8) is 0 Å². The van der Waals surface area contributed by atoms with E-state index in [4.69, 9.17) is 0 Å². The Balaban J connectivity index is -0.0000000822. The van der Waals surface area contributed by atoms with Gasteiger partial charge in [0.25, 0.3) is 0 Å². The Morgan fingerprint density at radius 3 is 1.23 bits per heavy atom. The first-order chi connectivity index (χ1) is 10.7. The third-order valence-electron chi connectivity index (χ3n) is 2.68. The van der Waals surface area contributed by atoms with E-state index in [0.717, 1.165) is 12.8 Å². The number of rotatable bonds is 2. The number of hydrogen-bond donors (Lipinski definition) is 0. The summed E-state index contributed by atoms with van der Waals surface area (Å²) >= 11 is 0.